The number of para-hydroxylation sites is 2. The highest BCUT2D eigenvalue weighted by molar-refractivity contribution is 7.09. The summed E-state index contributed by atoms with van der Waals surface area (Å²) in [5.74, 6) is -1.77. The number of ketones is 1. The van der Waals surface area contributed by atoms with Crippen LogP contribution < -0.4 is 4.74 Å². The number of carbonyl (C=O) groups excluding carboxylic acids is 2. The fourth-order valence-corrected chi connectivity index (χ4v) is 7.71. The molecule has 1 aromatic carbocycles. The van der Waals surface area contributed by atoms with Gasteiger partial charge in [0.2, 0.25) is 5.91 Å². The normalized spacial score (nSPS) is 29.0. The van der Waals surface area contributed by atoms with Crippen molar-refractivity contribution in [3.8, 4) is 6.08 Å². The molecule has 1 aliphatic carbocycles. The average molecular weight is 620 g/mol. The van der Waals surface area contributed by atoms with Crippen LogP contribution in [-0.2, 0) is 26.2 Å². The molecule has 0 bridgehead atoms. The number of rotatable bonds is 5. The van der Waals surface area contributed by atoms with Crippen LogP contribution in [0.25, 0.3) is 11.1 Å². The summed E-state index contributed by atoms with van der Waals surface area (Å²) in [5, 5.41) is 13.2. The molecule has 9 nitrogen and oxygen atoms in total. The number of allylic oxidation sites excluding steroid dienone is 2. The zero-order valence-corrected chi connectivity index (χ0v) is 26.5. The number of oxazole rings is 1. The molecule has 2 aromatic heterocycles. The van der Waals surface area contributed by atoms with Crippen molar-refractivity contribution in [1.82, 2.24) is 14.9 Å². The van der Waals surface area contributed by atoms with E-state index in [0.717, 1.165) is 36.4 Å². The maximum Gasteiger partial charge on any atom is 0.394 e. The molecule has 10 heteroatoms. The zero-order valence-electron chi connectivity index (χ0n) is 25.7. The van der Waals surface area contributed by atoms with Crippen molar-refractivity contribution >= 4 is 40.1 Å². The first-order chi connectivity index (χ1) is 21.0. The number of aliphatic carboxylic acids is 1. The van der Waals surface area contributed by atoms with Crippen LogP contribution in [-0.4, -0.2) is 56.3 Å². The van der Waals surface area contributed by atoms with Gasteiger partial charge in [-0.2, -0.15) is 4.98 Å². The minimum Gasteiger partial charge on any atom is -0.481 e. The van der Waals surface area contributed by atoms with Gasteiger partial charge >= 0.3 is 12.0 Å². The molecule has 3 aromatic rings. The van der Waals surface area contributed by atoms with Crippen molar-refractivity contribution in [2.24, 2.45) is 17.3 Å². The van der Waals surface area contributed by atoms with Gasteiger partial charge in [0.1, 0.15) is 11.6 Å². The fraction of sp³-hybridized carbons (Fsp3) is 0.559. The third kappa shape index (κ3) is 6.32. The zero-order chi connectivity index (χ0) is 31.1. The summed E-state index contributed by atoms with van der Waals surface area (Å²) >= 11 is 1.58. The highest BCUT2D eigenvalue weighted by Gasteiger charge is 2.61. The summed E-state index contributed by atoms with van der Waals surface area (Å²) in [6, 6.07) is 6.59. The fourth-order valence-electron chi connectivity index (χ4n) is 6.61. The van der Waals surface area contributed by atoms with E-state index in [4.69, 9.17) is 14.1 Å². The highest BCUT2D eigenvalue weighted by Crippen LogP contribution is 2.57. The summed E-state index contributed by atoms with van der Waals surface area (Å²) in [7, 11) is 0. The number of nitrogens with zero attached hydrogens (tertiary/aromatic N) is 3. The number of carboxylic acids is 1. The van der Waals surface area contributed by atoms with E-state index >= 15 is 0 Å². The molecule has 1 N–H and O–H groups in total. The van der Waals surface area contributed by atoms with E-state index in [0.29, 0.717) is 30.4 Å². The number of Topliss-reactive ketones (excluding diaryl/α,β-unsaturated/α-hetero) is 1. The van der Waals surface area contributed by atoms with E-state index in [1.807, 2.05) is 24.3 Å². The number of benzene rings is 1. The van der Waals surface area contributed by atoms with Crippen LogP contribution in [0.15, 0.2) is 46.2 Å². The minimum absolute atomic E-state index is 0.0868. The number of amides is 1. The van der Waals surface area contributed by atoms with E-state index in [2.05, 4.69) is 37.2 Å². The third-order valence-electron chi connectivity index (χ3n) is 9.39. The van der Waals surface area contributed by atoms with Crippen LogP contribution in [0.4, 0.5) is 0 Å². The quantitative estimate of drug-likeness (QED) is 0.328. The number of hydrogen-bond donors (Lipinski definition) is 1. The number of ether oxygens (including phenoxy) is 1. The second kappa shape index (κ2) is 12.1. The molecule has 3 aliphatic rings. The van der Waals surface area contributed by atoms with Crippen LogP contribution in [0.2, 0.25) is 0 Å². The summed E-state index contributed by atoms with van der Waals surface area (Å²) in [5.41, 5.74) is 1.07. The molecule has 5 atom stereocenters. The van der Waals surface area contributed by atoms with Crippen molar-refractivity contribution in [3.05, 3.63) is 52.5 Å². The lowest BCUT2D eigenvalue weighted by molar-refractivity contribution is -0.147. The van der Waals surface area contributed by atoms with Crippen molar-refractivity contribution < 1.29 is 28.6 Å². The number of carbonyl (C=O) groups is 3. The molecule has 0 unspecified atom stereocenters. The molecule has 4 heterocycles. The van der Waals surface area contributed by atoms with Gasteiger partial charge in [0.05, 0.1) is 28.7 Å². The molecule has 2 fully saturated rings. The molecular formula is C34H41N3O6S. The first kappa shape index (κ1) is 30.5. The number of thiazole rings is 1. The van der Waals surface area contributed by atoms with Gasteiger partial charge in [-0.25, -0.2) is 4.98 Å². The van der Waals surface area contributed by atoms with E-state index in [9.17, 15) is 19.5 Å². The Morgan fingerprint density at radius 3 is 2.75 bits per heavy atom. The first-order valence-corrected chi connectivity index (χ1v) is 16.6. The molecule has 1 saturated carbocycles. The maximum atomic E-state index is 14.4. The Morgan fingerprint density at radius 2 is 2.00 bits per heavy atom. The van der Waals surface area contributed by atoms with E-state index in [-0.39, 0.29) is 54.4 Å². The number of aromatic nitrogens is 2. The topological polar surface area (TPSA) is 123 Å². The lowest BCUT2D eigenvalue weighted by Gasteiger charge is -2.28. The van der Waals surface area contributed by atoms with Gasteiger partial charge in [-0.15, -0.1) is 11.3 Å². The van der Waals surface area contributed by atoms with E-state index in [1.165, 1.54) is 0 Å². The molecule has 0 spiro atoms. The second-order valence-electron chi connectivity index (χ2n) is 13.7. The van der Waals surface area contributed by atoms with Gasteiger partial charge in [0.25, 0.3) is 0 Å². The smallest absolute Gasteiger partial charge is 0.394 e. The Bertz CT molecular complexity index is 1540. The van der Waals surface area contributed by atoms with Crippen LogP contribution in [0.3, 0.4) is 0 Å². The van der Waals surface area contributed by atoms with Crippen LogP contribution >= 0.6 is 11.3 Å². The Hall–Kier alpha value is -3.53. The van der Waals surface area contributed by atoms with E-state index < -0.39 is 23.5 Å². The monoisotopic (exact) mass is 619 g/mol. The lowest BCUT2D eigenvalue weighted by Crippen LogP contribution is -2.45. The van der Waals surface area contributed by atoms with Gasteiger partial charge < -0.3 is 19.2 Å². The molecule has 1 amide bonds. The number of fused-ring (bicyclic) bond motifs is 3. The molecule has 2 aliphatic heterocycles. The first-order valence-electron chi connectivity index (χ1n) is 15.7. The molecule has 1 saturated heterocycles. The maximum absolute atomic E-state index is 14.4. The van der Waals surface area contributed by atoms with Gasteiger partial charge in [0.15, 0.2) is 11.4 Å². The SMILES string of the molecule is CC(C)(C)c1csc(C[C@H]2CCCCC/C=C\[C@H]3C[C@@]3(C(=O)O)CC(=O)[C@@H]3C[C@@H](Oc4nc5ccccc5o4)CN3C2=O)n1. The average Bonchev–Trinajstić information content (AvgIpc) is 3.36. The highest BCUT2D eigenvalue weighted by atomic mass is 32.1. The van der Waals surface area contributed by atoms with Crippen LogP contribution in [0, 0.1) is 17.3 Å². The Kier molecular flexibility index (Phi) is 8.39. The van der Waals surface area contributed by atoms with E-state index in [1.54, 1.807) is 22.3 Å². The molecule has 6 rings (SSSR count). The molecule has 44 heavy (non-hydrogen) atoms. The van der Waals surface area contributed by atoms with Crippen LogP contribution in [0.5, 0.6) is 6.08 Å². The third-order valence-corrected chi connectivity index (χ3v) is 10.3. The predicted molar refractivity (Wildman–Crippen MR) is 167 cm³/mol. The standard InChI is InChI=1S/C34H41N3O6S/c1-33(2,3)28-20-44-29(36-28)15-21-11-7-5-4-6-8-12-22-17-34(22,31(40)41)18-26(38)25-16-23(19-37(25)30(21)39)42-32-35-24-13-9-10-14-27(24)43-32/h8-10,12-14,20-23,25H,4-7,11,15-19H2,1-3H3,(H,40,41)/b12-8-/t21-,22+,23-,25+,34-/m1/s1. The van der Waals surface area contributed by atoms with Crippen molar-refractivity contribution in [3.63, 3.8) is 0 Å². The summed E-state index contributed by atoms with van der Waals surface area (Å²) in [6.45, 7) is 6.59. The van der Waals surface area contributed by atoms with Crippen molar-refractivity contribution in [1.29, 1.82) is 0 Å². The number of hydrogen-bond acceptors (Lipinski definition) is 8. The predicted octanol–water partition coefficient (Wildman–Crippen LogP) is 6.36. The molecule has 234 valence electrons. The van der Waals surface area contributed by atoms with Gasteiger partial charge in [-0.1, -0.05) is 57.9 Å². The van der Waals surface area contributed by atoms with Gasteiger partial charge in [-0.3, -0.25) is 14.4 Å². The molecular weight excluding hydrogens is 578 g/mol. The lowest BCUT2D eigenvalue weighted by atomic mass is 9.91. The summed E-state index contributed by atoms with van der Waals surface area (Å²) in [4.78, 5) is 51.7. The Morgan fingerprint density at radius 1 is 1.18 bits per heavy atom. The Labute approximate surface area is 261 Å². The van der Waals surface area contributed by atoms with Crippen molar-refractivity contribution in [2.75, 3.05) is 6.54 Å². The summed E-state index contributed by atoms with van der Waals surface area (Å²) in [6.07, 6.45) is 9.14. The van der Waals surface area contributed by atoms with Gasteiger partial charge in [0, 0.05) is 36.0 Å². The Balaban J connectivity index is 1.28. The van der Waals surface area contributed by atoms with Gasteiger partial charge in [-0.05, 0) is 43.7 Å². The second-order valence-corrected chi connectivity index (χ2v) is 14.6. The summed E-state index contributed by atoms with van der Waals surface area (Å²) < 4.78 is 11.9. The van der Waals surface area contributed by atoms with Crippen molar-refractivity contribution in [2.45, 2.75) is 96.1 Å². The van der Waals surface area contributed by atoms with Crippen LogP contribution in [0.1, 0.15) is 82.8 Å². The number of carboxylic acid groups (broad SMARTS) is 1. The minimum atomic E-state index is -1.11. The molecule has 0 radical (unpaired) electrons. The largest absolute Gasteiger partial charge is 0.481 e.